The van der Waals surface area contributed by atoms with Crippen LogP contribution in [-0.2, 0) is 11.3 Å². The fourth-order valence-corrected chi connectivity index (χ4v) is 3.08. The fourth-order valence-electron chi connectivity index (χ4n) is 3.08. The molecule has 0 saturated carbocycles. The van der Waals surface area contributed by atoms with Crippen molar-refractivity contribution in [1.29, 1.82) is 0 Å². The van der Waals surface area contributed by atoms with Gasteiger partial charge in [0.05, 0.1) is 12.2 Å². The Kier molecular flexibility index (Phi) is 5.03. The molecule has 0 bridgehead atoms. The summed E-state index contributed by atoms with van der Waals surface area (Å²) in [6.45, 7) is 5.39. The van der Waals surface area contributed by atoms with Gasteiger partial charge in [-0.15, -0.1) is 0 Å². The molecular weight excluding hydrogens is 310 g/mol. The van der Waals surface area contributed by atoms with E-state index in [1.165, 1.54) is 0 Å². The summed E-state index contributed by atoms with van der Waals surface area (Å²) in [6, 6.07) is 0.214. The summed E-state index contributed by atoms with van der Waals surface area (Å²) in [6.07, 6.45) is 5.01. The predicted molar refractivity (Wildman–Crippen MR) is 91.2 cm³/mol. The largest absolute Gasteiger partial charge is 0.460 e. The lowest BCUT2D eigenvalue weighted by Gasteiger charge is -2.13. The first kappa shape index (κ1) is 16.8. The summed E-state index contributed by atoms with van der Waals surface area (Å²) < 4.78 is 12.9. The molecule has 1 unspecified atom stereocenters. The molecule has 1 fully saturated rings. The number of ether oxygens (including phenoxy) is 2. The molecule has 0 spiro atoms. The van der Waals surface area contributed by atoms with Crippen LogP contribution < -0.4 is 16.2 Å². The number of nitrogens with one attached hydrogen (secondary N) is 1. The van der Waals surface area contributed by atoms with Crippen LogP contribution in [0, 0.1) is 0 Å². The Bertz CT molecular complexity index is 748. The first-order chi connectivity index (χ1) is 11.6. The van der Waals surface area contributed by atoms with E-state index in [1.807, 2.05) is 6.92 Å². The van der Waals surface area contributed by atoms with Crippen molar-refractivity contribution >= 4 is 17.0 Å². The van der Waals surface area contributed by atoms with Gasteiger partial charge >= 0.3 is 11.7 Å². The Morgan fingerprint density at radius 1 is 1.50 bits per heavy atom. The number of aryl methyl sites for hydroxylation is 1. The molecule has 0 radical (unpaired) electrons. The SMILES string of the molecule is CCC[C@H](C)Oc1nc(N)c2[nH]c(=O)n(CCC3CCCO3)c2n1. The van der Waals surface area contributed by atoms with Crippen LogP contribution in [-0.4, -0.2) is 38.3 Å². The Balaban J connectivity index is 1.86. The van der Waals surface area contributed by atoms with E-state index < -0.39 is 0 Å². The maximum atomic E-state index is 12.2. The molecule has 1 aliphatic heterocycles. The second kappa shape index (κ2) is 7.21. The van der Waals surface area contributed by atoms with E-state index in [1.54, 1.807) is 4.57 Å². The molecule has 1 aliphatic rings. The van der Waals surface area contributed by atoms with E-state index >= 15 is 0 Å². The summed E-state index contributed by atoms with van der Waals surface area (Å²) in [4.78, 5) is 23.5. The molecule has 8 heteroatoms. The average Bonchev–Trinajstić information content (AvgIpc) is 3.14. The number of hydrogen-bond acceptors (Lipinski definition) is 6. The number of fused-ring (bicyclic) bond motifs is 1. The number of imidazole rings is 1. The highest BCUT2D eigenvalue weighted by Gasteiger charge is 2.19. The second-order valence-corrected chi connectivity index (χ2v) is 6.31. The Morgan fingerprint density at radius 3 is 3.04 bits per heavy atom. The van der Waals surface area contributed by atoms with Crippen LogP contribution in [0.5, 0.6) is 6.01 Å². The third kappa shape index (κ3) is 3.53. The van der Waals surface area contributed by atoms with Crippen molar-refractivity contribution in [3.8, 4) is 6.01 Å². The molecule has 2 aromatic heterocycles. The maximum Gasteiger partial charge on any atom is 0.327 e. The van der Waals surface area contributed by atoms with E-state index in [9.17, 15) is 4.79 Å². The lowest BCUT2D eigenvalue weighted by Crippen LogP contribution is -2.20. The highest BCUT2D eigenvalue weighted by atomic mass is 16.5. The van der Waals surface area contributed by atoms with E-state index in [-0.39, 0.29) is 29.7 Å². The number of nitrogen functional groups attached to an aromatic ring is 1. The molecule has 2 aromatic rings. The lowest BCUT2D eigenvalue weighted by atomic mass is 10.2. The zero-order chi connectivity index (χ0) is 17.1. The van der Waals surface area contributed by atoms with Crippen LogP contribution in [0.3, 0.4) is 0 Å². The third-order valence-electron chi connectivity index (χ3n) is 4.33. The topological polar surface area (TPSA) is 108 Å². The van der Waals surface area contributed by atoms with Crippen molar-refractivity contribution < 1.29 is 9.47 Å². The third-order valence-corrected chi connectivity index (χ3v) is 4.33. The molecule has 3 rings (SSSR count). The van der Waals surface area contributed by atoms with E-state index in [4.69, 9.17) is 15.2 Å². The van der Waals surface area contributed by atoms with Gasteiger partial charge in [-0.3, -0.25) is 4.57 Å². The van der Waals surface area contributed by atoms with Crippen molar-refractivity contribution in [3.63, 3.8) is 0 Å². The molecule has 0 amide bonds. The zero-order valence-electron chi connectivity index (χ0n) is 14.2. The van der Waals surface area contributed by atoms with Crippen molar-refractivity contribution in [2.75, 3.05) is 12.3 Å². The smallest absolute Gasteiger partial charge is 0.327 e. The number of aromatic amines is 1. The molecule has 1 saturated heterocycles. The Hall–Kier alpha value is -2.09. The minimum Gasteiger partial charge on any atom is -0.460 e. The van der Waals surface area contributed by atoms with Gasteiger partial charge in [0.15, 0.2) is 11.5 Å². The standard InChI is InChI=1S/C16H25N5O3/c1-3-5-10(2)24-15-19-13(17)12-14(20-15)21(16(22)18-12)8-7-11-6-4-9-23-11/h10-11H,3-9H2,1-2H3,(H,18,22)(H2,17,19,20)/t10-,11?/m0/s1. The van der Waals surface area contributed by atoms with Crippen molar-refractivity contribution in [1.82, 2.24) is 19.5 Å². The van der Waals surface area contributed by atoms with Crippen molar-refractivity contribution in [2.45, 2.75) is 64.7 Å². The van der Waals surface area contributed by atoms with Gasteiger partial charge in [-0.05, 0) is 32.6 Å². The quantitative estimate of drug-likeness (QED) is 0.799. The van der Waals surface area contributed by atoms with Gasteiger partial charge in [0.25, 0.3) is 0 Å². The molecule has 0 aliphatic carbocycles. The summed E-state index contributed by atoms with van der Waals surface area (Å²) in [5.41, 5.74) is 6.69. The second-order valence-electron chi connectivity index (χ2n) is 6.31. The number of hydrogen-bond donors (Lipinski definition) is 2. The van der Waals surface area contributed by atoms with Gasteiger partial charge in [0.2, 0.25) is 0 Å². The van der Waals surface area contributed by atoms with Crippen LogP contribution in [0.4, 0.5) is 5.82 Å². The molecule has 3 N–H and O–H groups in total. The van der Waals surface area contributed by atoms with Gasteiger partial charge in [-0.1, -0.05) is 13.3 Å². The maximum absolute atomic E-state index is 12.2. The molecule has 132 valence electrons. The van der Waals surface area contributed by atoms with Crippen LogP contribution in [0.1, 0.15) is 46.0 Å². The number of aromatic nitrogens is 4. The van der Waals surface area contributed by atoms with Crippen LogP contribution >= 0.6 is 0 Å². The van der Waals surface area contributed by atoms with Gasteiger partial charge < -0.3 is 20.2 Å². The summed E-state index contributed by atoms with van der Waals surface area (Å²) in [5.74, 6) is 0.228. The molecule has 3 heterocycles. The van der Waals surface area contributed by atoms with E-state index in [2.05, 4.69) is 21.9 Å². The summed E-state index contributed by atoms with van der Waals surface area (Å²) in [5, 5.41) is 0. The average molecular weight is 335 g/mol. The molecule has 24 heavy (non-hydrogen) atoms. The number of nitrogens with zero attached hydrogens (tertiary/aromatic N) is 3. The Morgan fingerprint density at radius 2 is 2.33 bits per heavy atom. The minimum absolute atomic E-state index is 0.00199. The minimum atomic E-state index is -0.234. The van der Waals surface area contributed by atoms with Crippen LogP contribution in [0.15, 0.2) is 4.79 Å². The van der Waals surface area contributed by atoms with Gasteiger partial charge in [-0.25, -0.2) is 4.79 Å². The first-order valence-electron chi connectivity index (χ1n) is 8.62. The lowest BCUT2D eigenvalue weighted by molar-refractivity contribution is 0.100. The highest BCUT2D eigenvalue weighted by molar-refractivity contribution is 5.81. The van der Waals surface area contributed by atoms with Crippen LogP contribution in [0.25, 0.3) is 11.2 Å². The van der Waals surface area contributed by atoms with Crippen molar-refractivity contribution in [3.05, 3.63) is 10.5 Å². The number of nitrogens with two attached hydrogens (primary N) is 1. The molecule has 2 atom stereocenters. The summed E-state index contributed by atoms with van der Waals surface area (Å²) >= 11 is 0. The van der Waals surface area contributed by atoms with Gasteiger partial charge in [0, 0.05) is 13.2 Å². The monoisotopic (exact) mass is 335 g/mol. The number of rotatable bonds is 7. The normalized spacial score (nSPS) is 19.0. The fraction of sp³-hybridized carbons (Fsp3) is 0.688. The predicted octanol–water partition coefficient (Wildman–Crippen LogP) is 1.84. The van der Waals surface area contributed by atoms with Crippen molar-refractivity contribution in [2.24, 2.45) is 0 Å². The molecular formula is C16H25N5O3. The molecule has 8 nitrogen and oxygen atoms in total. The van der Waals surface area contributed by atoms with E-state index in [0.29, 0.717) is 17.7 Å². The highest BCUT2D eigenvalue weighted by Crippen LogP contribution is 2.21. The van der Waals surface area contributed by atoms with E-state index in [0.717, 1.165) is 38.7 Å². The van der Waals surface area contributed by atoms with Gasteiger partial charge in [0.1, 0.15) is 5.52 Å². The molecule has 0 aromatic carbocycles. The Labute approximate surface area is 140 Å². The number of H-pyrrole nitrogens is 1. The number of anilines is 1. The zero-order valence-corrected chi connectivity index (χ0v) is 14.2. The summed E-state index contributed by atoms with van der Waals surface area (Å²) in [7, 11) is 0. The van der Waals surface area contributed by atoms with Gasteiger partial charge in [-0.2, -0.15) is 9.97 Å². The van der Waals surface area contributed by atoms with Crippen LogP contribution in [0.2, 0.25) is 0 Å². The first-order valence-corrected chi connectivity index (χ1v) is 8.62.